The van der Waals surface area contributed by atoms with Gasteiger partial charge in [-0.15, -0.1) is 0 Å². The smallest absolute Gasteiger partial charge is 0.118 e. The minimum atomic E-state index is -0.617. The molecule has 0 spiro atoms. The van der Waals surface area contributed by atoms with Crippen LogP contribution in [-0.4, -0.2) is 35.8 Å². The molecule has 1 unspecified atom stereocenters. The highest BCUT2D eigenvalue weighted by Crippen LogP contribution is 2.16. The van der Waals surface area contributed by atoms with Crippen LogP contribution >= 0.6 is 11.8 Å². The van der Waals surface area contributed by atoms with Gasteiger partial charge in [-0.1, -0.05) is 12.1 Å². The number of hydrogen-bond donors (Lipinski definition) is 2. The van der Waals surface area contributed by atoms with E-state index in [1.807, 2.05) is 24.3 Å². The van der Waals surface area contributed by atoms with Crippen molar-refractivity contribution in [2.45, 2.75) is 11.9 Å². The van der Waals surface area contributed by atoms with Crippen LogP contribution in [0.25, 0.3) is 0 Å². The van der Waals surface area contributed by atoms with E-state index in [4.69, 9.17) is 14.9 Å². The maximum Gasteiger partial charge on any atom is 0.118 e. The minimum absolute atomic E-state index is 0.171. The molecule has 15 heavy (non-hydrogen) atoms. The summed E-state index contributed by atoms with van der Waals surface area (Å²) in [5, 5.41) is 17.7. The molecule has 1 aromatic carbocycles. The monoisotopic (exact) mass is 228 g/mol. The van der Waals surface area contributed by atoms with Gasteiger partial charge in [0.1, 0.15) is 5.75 Å². The molecule has 2 N–H and O–H groups in total. The molecule has 0 heterocycles. The standard InChI is InChI=1S/C11H16O3S/c1-14-11-4-2-9(3-5-11)7-15-8-10(13)6-12/h2-5,10,12-13H,6-8H2,1H3. The number of aliphatic hydroxyl groups excluding tert-OH is 2. The molecular weight excluding hydrogens is 212 g/mol. The van der Waals surface area contributed by atoms with Crippen molar-refractivity contribution in [3.63, 3.8) is 0 Å². The lowest BCUT2D eigenvalue weighted by Crippen LogP contribution is -2.14. The van der Waals surface area contributed by atoms with Gasteiger partial charge in [0, 0.05) is 11.5 Å². The number of thioether (sulfide) groups is 1. The second kappa shape index (κ2) is 6.71. The zero-order valence-corrected chi connectivity index (χ0v) is 9.54. The van der Waals surface area contributed by atoms with E-state index in [0.29, 0.717) is 5.75 Å². The van der Waals surface area contributed by atoms with Crippen molar-refractivity contribution in [1.29, 1.82) is 0 Å². The Kier molecular flexibility index (Phi) is 5.53. The summed E-state index contributed by atoms with van der Waals surface area (Å²) in [6, 6.07) is 7.82. The highest BCUT2D eigenvalue weighted by atomic mass is 32.2. The lowest BCUT2D eigenvalue weighted by atomic mass is 10.2. The lowest BCUT2D eigenvalue weighted by Gasteiger charge is -2.06. The van der Waals surface area contributed by atoms with Crippen molar-refractivity contribution < 1.29 is 14.9 Å². The molecule has 0 aliphatic heterocycles. The lowest BCUT2D eigenvalue weighted by molar-refractivity contribution is 0.113. The molecule has 0 fully saturated rings. The molecule has 0 radical (unpaired) electrons. The molecule has 0 bridgehead atoms. The topological polar surface area (TPSA) is 49.7 Å². The first-order chi connectivity index (χ1) is 7.26. The predicted octanol–water partition coefficient (Wildman–Crippen LogP) is 1.28. The molecule has 1 aromatic rings. The zero-order valence-electron chi connectivity index (χ0n) is 8.72. The number of rotatable bonds is 6. The Hall–Kier alpha value is -0.710. The van der Waals surface area contributed by atoms with Crippen molar-refractivity contribution in [3.8, 4) is 5.75 Å². The number of benzene rings is 1. The van der Waals surface area contributed by atoms with Crippen molar-refractivity contribution in [1.82, 2.24) is 0 Å². The van der Waals surface area contributed by atoms with Gasteiger partial charge >= 0.3 is 0 Å². The van der Waals surface area contributed by atoms with E-state index in [0.717, 1.165) is 11.5 Å². The molecule has 3 nitrogen and oxygen atoms in total. The Bertz CT molecular complexity index is 274. The van der Waals surface area contributed by atoms with Crippen LogP contribution in [0.2, 0.25) is 0 Å². The van der Waals surface area contributed by atoms with Gasteiger partial charge in [-0.25, -0.2) is 0 Å². The Labute approximate surface area is 94.1 Å². The van der Waals surface area contributed by atoms with Crippen LogP contribution in [0.3, 0.4) is 0 Å². The molecule has 0 saturated carbocycles. The molecule has 1 atom stereocenters. The molecule has 0 saturated heterocycles. The second-order valence-corrected chi connectivity index (χ2v) is 4.23. The van der Waals surface area contributed by atoms with E-state index in [2.05, 4.69) is 0 Å². The highest BCUT2D eigenvalue weighted by molar-refractivity contribution is 7.98. The zero-order chi connectivity index (χ0) is 11.1. The number of aliphatic hydroxyl groups is 2. The number of methoxy groups -OCH3 is 1. The van der Waals surface area contributed by atoms with E-state index < -0.39 is 6.10 Å². The van der Waals surface area contributed by atoms with Crippen molar-refractivity contribution >= 4 is 11.8 Å². The maximum absolute atomic E-state index is 9.13. The van der Waals surface area contributed by atoms with Gasteiger partial charge in [0.2, 0.25) is 0 Å². The molecule has 0 amide bonds. The average molecular weight is 228 g/mol. The summed E-state index contributed by atoms with van der Waals surface area (Å²) in [4.78, 5) is 0. The summed E-state index contributed by atoms with van der Waals surface area (Å²) in [5.74, 6) is 2.24. The molecular formula is C11H16O3S. The van der Waals surface area contributed by atoms with Crippen LogP contribution < -0.4 is 4.74 Å². The summed E-state index contributed by atoms with van der Waals surface area (Å²) in [5.41, 5.74) is 1.19. The average Bonchev–Trinajstić information content (AvgIpc) is 2.29. The largest absolute Gasteiger partial charge is 0.497 e. The third-order valence-electron chi connectivity index (χ3n) is 1.95. The Morgan fingerprint density at radius 1 is 1.33 bits per heavy atom. The van der Waals surface area contributed by atoms with Crippen LogP contribution in [0.1, 0.15) is 5.56 Å². The number of hydrogen-bond acceptors (Lipinski definition) is 4. The summed E-state index contributed by atoms with van der Waals surface area (Å²) >= 11 is 1.60. The van der Waals surface area contributed by atoms with E-state index in [-0.39, 0.29) is 6.61 Å². The van der Waals surface area contributed by atoms with Gasteiger partial charge in [0.15, 0.2) is 0 Å². The van der Waals surface area contributed by atoms with Crippen LogP contribution in [-0.2, 0) is 5.75 Å². The van der Waals surface area contributed by atoms with E-state index in [1.165, 1.54) is 5.56 Å². The molecule has 84 valence electrons. The van der Waals surface area contributed by atoms with E-state index in [1.54, 1.807) is 18.9 Å². The minimum Gasteiger partial charge on any atom is -0.497 e. The predicted molar refractivity (Wildman–Crippen MR) is 62.2 cm³/mol. The molecule has 0 aromatic heterocycles. The molecule has 4 heteroatoms. The van der Waals surface area contributed by atoms with Crippen LogP contribution in [0.4, 0.5) is 0 Å². The summed E-state index contributed by atoms with van der Waals surface area (Å²) < 4.78 is 5.05. The fraction of sp³-hybridized carbons (Fsp3) is 0.455. The fourth-order valence-corrected chi connectivity index (χ4v) is 2.01. The molecule has 0 aliphatic carbocycles. The SMILES string of the molecule is COc1ccc(CSCC(O)CO)cc1. The van der Waals surface area contributed by atoms with Crippen molar-refractivity contribution in [3.05, 3.63) is 29.8 Å². The Morgan fingerprint density at radius 3 is 2.53 bits per heavy atom. The summed E-state index contributed by atoms with van der Waals surface area (Å²) in [6.07, 6.45) is -0.617. The van der Waals surface area contributed by atoms with Crippen LogP contribution in [0.5, 0.6) is 5.75 Å². The van der Waals surface area contributed by atoms with Gasteiger partial charge < -0.3 is 14.9 Å². The highest BCUT2D eigenvalue weighted by Gasteiger charge is 2.02. The third kappa shape index (κ3) is 4.55. The summed E-state index contributed by atoms with van der Waals surface area (Å²) in [7, 11) is 1.64. The van der Waals surface area contributed by atoms with Gasteiger partial charge in [-0.05, 0) is 17.7 Å². The van der Waals surface area contributed by atoms with E-state index >= 15 is 0 Å². The Balaban J connectivity index is 2.31. The van der Waals surface area contributed by atoms with Gasteiger partial charge in [-0.3, -0.25) is 0 Å². The van der Waals surface area contributed by atoms with Crippen LogP contribution in [0.15, 0.2) is 24.3 Å². The summed E-state index contributed by atoms with van der Waals surface area (Å²) in [6.45, 7) is -0.171. The Morgan fingerprint density at radius 2 is 2.00 bits per heavy atom. The van der Waals surface area contributed by atoms with Crippen LogP contribution in [0, 0.1) is 0 Å². The van der Waals surface area contributed by atoms with Crippen molar-refractivity contribution in [2.75, 3.05) is 19.5 Å². The van der Waals surface area contributed by atoms with E-state index in [9.17, 15) is 0 Å². The number of ether oxygens (including phenoxy) is 1. The maximum atomic E-state index is 9.13. The van der Waals surface area contributed by atoms with Crippen molar-refractivity contribution in [2.24, 2.45) is 0 Å². The normalized spacial score (nSPS) is 12.5. The van der Waals surface area contributed by atoms with Gasteiger partial charge in [0.25, 0.3) is 0 Å². The van der Waals surface area contributed by atoms with Gasteiger partial charge in [-0.2, -0.15) is 11.8 Å². The first-order valence-corrected chi connectivity index (χ1v) is 5.91. The third-order valence-corrected chi connectivity index (χ3v) is 3.11. The van der Waals surface area contributed by atoms with Gasteiger partial charge in [0.05, 0.1) is 19.8 Å². The second-order valence-electron chi connectivity index (χ2n) is 3.20. The molecule has 0 aliphatic rings. The first kappa shape index (κ1) is 12.4. The first-order valence-electron chi connectivity index (χ1n) is 4.76. The quantitative estimate of drug-likeness (QED) is 0.770. The molecule has 1 rings (SSSR count). The fourth-order valence-electron chi connectivity index (χ4n) is 1.09.